The zero-order chi connectivity index (χ0) is 6.97. The van der Waals surface area contributed by atoms with Gasteiger partial charge in [0, 0.05) is 24.5 Å². The van der Waals surface area contributed by atoms with Gasteiger partial charge < -0.3 is 10.3 Å². The molecule has 0 spiro atoms. The molecule has 2 nitrogen and oxygen atoms in total. The Labute approximate surface area is 60.6 Å². The second-order valence-corrected chi connectivity index (χ2v) is 2.88. The van der Waals surface area contributed by atoms with Crippen molar-refractivity contribution in [2.24, 2.45) is 5.73 Å². The monoisotopic (exact) mass is 136 g/mol. The van der Waals surface area contributed by atoms with E-state index >= 15 is 0 Å². The van der Waals surface area contributed by atoms with Gasteiger partial charge >= 0.3 is 0 Å². The fraction of sp³-hybridized carbons (Fsp3) is 0.500. The Morgan fingerprint density at radius 1 is 1.60 bits per heavy atom. The number of rotatable bonds is 0. The maximum atomic E-state index is 5.87. The molecule has 0 saturated carbocycles. The minimum absolute atomic E-state index is 0.281. The summed E-state index contributed by atoms with van der Waals surface area (Å²) in [7, 11) is 0. The summed E-state index contributed by atoms with van der Waals surface area (Å²) in [6.45, 7) is 1.15. The molecule has 0 bridgehead atoms. The molecule has 1 aliphatic heterocycles. The molecule has 2 heterocycles. The molecule has 1 aliphatic rings. The highest BCUT2D eigenvalue weighted by Crippen LogP contribution is 2.22. The average Bonchev–Trinajstić information content (AvgIpc) is 2.36. The van der Waals surface area contributed by atoms with Gasteiger partial charge in [-0.1, -0.05) is 0 Å². The molecule has 10 heavy (non-hydrogen) atoms. The second kappa shape index (κ2) is 2.13. The third kappa shape index (κ3) is 0.762. The van der Waals surface area contributed by atoms with E-state index in [9.17, 15) is 0 Å². The highest BCUT2D eigenvalue weighted by molar-refractivity contribution is 5.13. The molecular formula is C8H12N2. The predicted octanol–water partition coefficient (Wildman–Crippen LogP) is 1.28. The molecule has 54 valence electrons. The standard InChI is InChI=1S/C8H12N2/c9-7-3-1-5-10-6-2-4-8(7)10/h2,4,6-7H,1,3,5,9H2/t7-/m1/s1. The third-order valence-electron chi connectivity index (χ3n) is 2.16. The van der Waals surface area contributed by atoms with Crippen molar-refractivity contribution in [2.45, 2.75) is 25.4 Å². The average molecular weight is 136 g/mol. The second-order valence-electron chi connectivity index (χ2n) is 2.88. The fourth-order valence-electron chi connectivity index (χ4n) is 1.60. The number of nitrogens with two attached hydrogens (primary N) is 1. The van der Waals surface area contributed by atoms with E-state index in [0.29, 0.717) is 0 Å². The number of aromatic nitrogens is 1. The highest BCUT2D eigenvalue weighted by atomic mass is 15.0. The Hall–Kier alpha value is -0.760. The van der Waals surface area contributed by atoms with Crippen molar-refractivity contribution < 1.29 is 0 Å². The summed E-state index contributed by atoms with van der Waals surface area (Å²) in [6.07, 6.45) is 4.47. The minimum atomic E-state index is 0.281. The van der Waals surface area contributed by atoms with Crippen LogP contribution in [-0.2, 0) is 6.54 Å². The molecule has 0 unspecified atom stereocenters. The molecule has 1 atom stereocenters. The number of hydrogen-bond donors (Lipinski definition) is 1. The summed E-state index contributed by atoms with van der Waals surface area (Å²) in [6, 6.07) is 4.47. The maximum absolute atomic E-state index is 5.87. The summed E-state index contributed by atoms with van der Waals surface area (Å²) in [5, 5.41) is 0. The topological polar surface area (TPSA) is 30.9 Å². The predicted molar refractivity (Wildman–Crippen MR) is 40.6 cm³/mol. The van der Waals surface area contributed by atoms with E-state index in [2.05, 4.69) is 22.9 Å². The van der Waals surface area contributed by atoms with Gasteiger partial charge in [-0.05, 0) is 25.0 Å². The van der Waals surface area contributed by atoms with Crippen molar-refractivity contribution in [3.05, 3.63) is 24.0 Å². The van der Waals surface area contributed by atoms with Crippen molar-refractivity contribution in [2.75, 3.05) is 0 Å². The molecule has 0 aromatic carbocycles. The van der Waals surface area contributed by atoms with Gasteiger partial charge in [-0.25, -0.2) is 0 Å². The van der Waals surface area contributed by atoms with E-state index in [-0.39, 0.29) is 6.04 Å². The summed E-state index contributed by atoms with van der Waals surface area (Å²) < 4.78 is 2.24. The first-order chi connectivity index (χ1) is 4.88. The Morgan fingerprint density at radius 3 is 3.30 bits per heavy atom. The molecule has 0 amide bonds. The van der Waals surface area contributed by atoms with Crippen LogP contribution in [0.3, 0.4) is 0 Å². The number of fused-ring (bicyclic) bond motifs is 1. The van der Waals surface area contributed by atoms with Crippen LogP contribution < -0.4 is 5.73 Å². The lowest BCUT2D eigenvalue weighted by atomic mass is 10.1. The molecule has 1 aromatic rings. The molecule has 0 aliphatic carbocycles. The Kier molecular flexibility index (Phi) is 1.27. The van der Waals surface area contributed by atoms with Gasteiger partial charge in [0.25, 0.3) is 0 Å². The highest BCUT2D eigenvalue weighted by Gasteiger charge is 2.14. The van der Waals surface area contributed by atoms with E-state index in [1.807, 2.05) is 0 Å². The van der Waals surface area contributed by atoms with Crippen LogP contribution in [0.1, 0.15) is 24.6 Å². The normalized spacial score (nSPS) is 24.3. The zero-order valence-electron chi connectivity index (χ0n) is 5.96. The van der Waals surface area contributed by atoms with Crippen LogP contribution in [0.25, 0.3) is 0 Å². The van der Waals surface area contributed by atoms with Crippen molar-refractivity contribution in [3.63, 3.8) is 0 Å². The van der Waals surface area contributed by atoms with Gasteiger partial charge in [0.05, 0.1) is 0 Å². The molecule has 2 N–H and O–H groups in total. The van der Waals surface area contributed by atoms with Crippen molar-refractivity contribution in [3.8, 4) is 0 Å². The van der Waals surface area contributed by atoms with Crippen LogP contribution in [0.5, 0.6) is 0 Å². The van der Waals surface area contributed by atoms with E-state index in [0.717, 1.165) is 13.0 Å². The van der Waals surface area contributed by atoms with Crippen molar-refractivity contribution in [1.82, 2.24) is 4.57 Å². The van der Waals surface area contributed by atoms with Gasteiger partial charge in [0.2, 0.25) is 0 Å². The number of hydrogen-bond acceptors (Lipinski definition) is 1. The Balaban J connectivity index is 2.41. The van der Waals surface area contributed by atoms with Gasteiger partial charge in [-0.3, -0.25) is 0 Å². The lowest BCUT2D eigenvalue weighted by molar-refractivity contribution is 0.463. The van der Waals surface area contributed by atoms with Gasteiger partial charge in [0.1, 0.15) is 0 Å². The summed E-state index contributed by atoms with van der Waals surface area (Å²) in [5.41, 5.74) is 7.17. The number of nitrogens with zero attached hydrogens (tertiary/aromatic N) is 1. The van der Waals surface area contributed by atoms with Crippen LogP contribution in [0.4, 0.5) is 0 Å². The van der Waals surface area contributed by atoms with Crippen LogP contribution in [0, 0.1) is 0 Å². The van der Waals surface area contributed by atoms with Crippen LogP contribution >= 0.6 is 0 Å². The van der Waals surface area contributed by atoms with Crippen molar-refractivity contribution >= 4 is 0 Å². The summed E-state index contributed by atoms with van der Waals surface area (Å²) >= 11 is 0. The molecule has 0 fully saturated rings. The molecule has 0 saturated heterocycles. The Morgan fingerprint density at radius 2 is 2.50 bits per heavy atom. The number of aryl methyl sites for hydroxylation is 1. The SMILES string of the molecule is N[C@@H]1CCCn2cccc21. The minimum Gasteiger partial charge on any atom is -0.350 e. The molecule has 0 radical (unpaired) electrons. The fourth-order valence-corrected chi connectivity index (χ4v) is 1.60. The van der Waals surface area contributed by atoms with E-state index in [1.54, 1.807) is 0 Å². The first-order valence-corrected chi connectivity index (χ1v) is 3.78. The zero-order valence-corrected chi connectivity index (χ0v) is 5.96. The van der Waals surface area contributed by atoms with Crippen LogP contribution in [0.15, 0.2) is 18.3 Å². The summed E-state index contributed by atoms with van der Waals surface area (Å²) in [4.78, 5) is 0. The maximum Gasteiger partial charge on any atom is 0.0450 e. The van der Waals surface area contributed by atoms with Gasteiger partial charge in [-0.2, -0.15) is 0 Å². The van der Waals surface area contributed by atoms with E-state index in [1.165, 1.54) is 12.1 Å². The molecule has 2 heteroatoms. The molecule has 1 aromatic heterocycles. The van der Waals surface area contributed by atoms with E-state index in [4.69, 9.17) is 5.73 Å². The summed E-state index contributed by atoms with van der Waals surface area (Å²) in [5.74, 6) is 0. The lowest BCUT2D eigenvalue weighted by Gasteiger charge is -2.20. The van der Waals surface area contributed by atoms with Crippen molar-refractivity contribution in [1.29, 1.82) is 0 Å². The lowest BCUT2D eigenvalue weighted by Crippen LogP contribution is -2.20. The Bertz CT molecular complexity index is 227. The molecular weight excluding hydrogens is 124 g/mol. The quantitative estimate of drug-likeness (QED) is 0.572. The smallest absolute Gasteiger partial charge is 0.0450 e. The molecule has 2 rings (SSSR count). The van der Waals surface area contributed by atoms with E-state index < -0.39 is 0 Å². The first kappa shape index (κ1) is 5.98. The largest absolute Gasteiger partial charge is 0.350 e. The third-order valence-corrected chi connectivity index (χ3v) is 2.16. The van der Waals surface area contributed by atoms with Crippen LogP contribution in [-0.4, -0.2) is 4.57 Å². The van der Waals surface area contributed by atoms with Gasteiger partial charge in [0.15, 0.2) is 0 Å². The first-order valence-electron chi connectivity index (χ1n) is 3.78. The van der Waals surface area contributed by atoms with Gasteiger partial charge in [-0.15, -0.1) is 0 Å². The van der Waals surface area contributed by atoms with Crippen LogP contribution in [0.2, 0.25) is 0 Å².